The Labute approximate surface area is 138 Å². The fraction of sp³-hybridized carbons (Fsp3) is 0.111. The number of para-hydroxylation sites is 2. The van der Waals surface area contributed by atoms with Crippen LogP contribution in [-0.4, -0.2) is 18.2 Å². The van der Waals surface area contributed by atoms with E-state index in [9.17, 15) is 10.0 Å². The van der Waals surface area contributed by atoms with Crippen LogP contribution in [0.4, 0.5) is 5.69 Å². The van der Waals surface area contributed by atoms with Crippen LogP contribution in [0.2, 0.25) is 0 Å². The molecule has 0 bridgehead atoms. The predicted octanol–water partition coefficient (Wildman–Crippen LogP) is 3.29. The molecule has 1 heterocycles. The summed E-state index contributed by atoms with van der Waals surface area (Å²) in [4.78, 5) is 12.6. The second kappa shape index (κ2) is 6.45. The number of nitrogens with one attached hydrogen (secondary N) is 1. The highest BCUT2D eigenvalue weighted by Gasteiger charge is 2.15. The summed E-state index contributed by atoms with van der Waals surface area (Å²) in [6.07, 6.45) is 0. The average Bonchev–Trinajstić information content (AvgIpc) is 2.61. The molecule has 0 fully saturated rings. The summed E-state index contributed by atoms with van der Waals surface area (Å²) in [5.41, 5.74) is 1.95. The van der Waals surface area contributed by atoms with E-state index in [-0.39, 0.29) is 11.1 Å². The molecule has 0 radical (unpaired) electrons. The van der Waals surface area contributed by atoms with Gasteiger partial charge in [0, 0.05) is 11.1 Å². The molecule has 6 nitrogen and oxygen atoms in total. The van der Waals surface area contributed by atoms with E-state index in [1.165, 1.54) is 7.11 Å². The lowest BCUT2D eigenvalue weighted by atomic mass is 10.1. The molecule has 0 aliphatic carbocycles. The van der Waals surface area contributed by atoms with E-state index in [4.69, 9.17) is 9.15 Å². The molecule has 0 saturated carbocycles. The number of amides is 1. The molecule has 2 N–H and O–H groups in total. The highest BCUT2D eigenvalue weighted by Crippen LogP contribution is 2.24. The number of methoxy groups -OCH3 is 1. The van der Waals surface area contributed by atoms with Crippen LogP contribution in [0.1, 0.15) is 15.9 Å². The summed E-state index contributed by atoms with van der Waals surface area (Å²) in [5.74, 6) is 0.0637. The standard InChI is InChI=1S/C18H16N2O4/c1-11-6-3-4-8-14(11)19-17(21)13-10-12-7-5-9-15(23-2)16(12)24-18(13)20-22/h3-10,22H,1-2H3,(H,19,21)/b20-18+. The second-order valence-electron chi connectivity index (χ2n) is 5.21. The van der Waals surface area contributed by atoms with Crippen LogP contribution in [0.5, 0.6) is 5.75 Å². The molecule has 0 unspecified atom stereocenters. The van der Waals surface area contributed by atoms with Gasteiger partial charge >= 0.3 is 0 Å². The number of anilines is 1. The van der Waals surface area contributed by atoms with Gasteiger partial charge < -0.3 is 19.7 Å². The molecule has 0 atom stereocenters. The fourth-order valence-corrected chi connectivity index (χ4v) is 2.43. The largest absolute Gasteiger partial charge is 0.493 e. The zero-order valence-electron chi connectivity index (χ0n) is 13.2. The SMILES string of the molecule is COc1cccc2cc(C(=O)Nc3ccccc3C)/c(=N\O)oc12. The molecule has 0 aliphatic heterocycles. The Morgan fingerprint density at radius 2 is 2.00 bits per heavy atom. The molecule has 122 valence electrons. The summed E-state index contributed by atoms with van der Waals surface area (Å²) in [7, 11) is 1.51. The molecule has 0 spiro atoms. The van der Waals surface area contributed by atoms with Gasteiger partial charge in [-0.15, -0.1) is 0 Å². The zero-order chi connectivity index (χ0) is 17.1. The maximum atomic E-state index is 12.6. The van der Waals surface area contributed by atoms with E-state index in [0.717, 1.165) is 5.56 Å². The van der Waals surface area contributed by atoms with Gasteiger partial charge in [0.05, 0.1) is 7.11 Å². The Morgan fingerprint density at radius 3 is 2.71 bits per heavy atom. The van der Waals surface area contributed by atoms with Gasteiger partial charge in [-0.05, 0) is 35.8 Å². The van der Waals surface area contributed by atoms with Crippen molar-refractivity contribution in [1.29, 1.82) is 0 Å². The van der Waals surface area contributed by atoms with Crippen molar-refractivity contribution >= 4 is 22.6 Å². The van der Waals surface area contributed by atoms with Gasteiger partial charge in [0.15, 0.2) is 11.3 Å². The zero-order valence-corrected chi connectivity index (χ0v) is 13.2. The molecule has 1 amide bonds. The number of aryl methyl sites for hydroxylation is 1. The first-order valence-electron chi connectivity index (χ1n) is 7.30. The lowest BCUT2D eigenvalue weighted by Crippen LogP contribution is -2.22. The van der Waals surface area contributed by atoms with Gasteiger partial charge in [0.2, 0.25) is 0 Å². The van der Waals surface area contributed by atoms with Gasteiger partial charge in [-0.25, -0.2) is 0 Å². The maximum Gasteiger partial charge on any atom is 0.268 e. The molecule has 0 aliphatic rings. The van der Waals surface area contributed by atoms with Crippen LogP contribution in [0, 0.1) is 6.92 Å². The lowest BCUT2D eigenvalue weighted by Gasteiger charge is -2.09. The van der Waals surface area contributed by atoms with Gasteiger partial charge in [-0.3, -0.25) is 4.79 Å². The highest BCUT2D eigenvalue weighted by atomic mass is 16.5. The molecule has 6 heteroatoms. The van der Waals surface area contributed by atoms with Crippen molar-refractivity contribution in [3.63, 3.8) is 0 Å². The topological polar surface area (TPSA) is 84.1 Å². The molecule has 3 aromatic rings. The predicted molar refractivity (Wildman–Crippen MR) is 89.2 cm³/mol. The monoisotopic (exact) mass is 324 g/mol. The van der Waals surface area contributed by atoms with Crippen molar-refractivity contribution in [3.05, 3.63) is 65.2 Å². The second-order valence-corrected chi connectivity index (χ2v) is 5.21. The molecular weight excluding hydrogens is 308 g/mol. The van der Waals surface area contributed by atoms with Crippen LogP contribution < -0.4 is 15.6 Å². The molecule has 2 aromatic carbocycles. The maximum absolute atomic E-state index is 12.6. The number of carbonyl (C=O) groups excluding carboxylic acids is 1. The summed E-state index contributed by atoms with van der Waals surface area (Å²) >= 11 is 0. The summed E-state index contributed by atoms with van der Waals surface area (Å²) in [6, 6.07) is 14.3. The third kappa shape index (κ3) is 2.81. The molecule has 0 saturated heterocycles. The van der Waals surface area contributed by atoms with Crippen molar-refractivity contribution in [3.8, 4) is 5.75 Å². The van der Waals surface area contributed by atoms with Gasteiger partial charge in [0.25, 0.3) is 11.5 Å². The van der Waals surface area contributed by atoms with Crippen LogP contribution in [0.15, 0.2) is 58.1 Å². The number of hydrogen-bond donors (Lipinski definition) is 2. The Bertz CT molecular complexity index is 976. The smallest absolute Gasteiger partial charge is 0.268 e. The van der Waals surface area contributed by atoms with E-state index in [1.807, 2.05) is 25.1 Å². The fourth-order valence-electron chi connectivity index (χ4n) is 2.43. The Kier molecular flexibility index (Phi) is 4.20. The first-order chi connectivity index (χ1) is 11.6. The van der Waals surface area contributed by atoms with Crippen molar-refractivity contribution < 1.29 is 19.2 Å². The van der Waals surface area contributed by atoms with E-state index in [1.54, 1.807) is 30.3 Å². The van der Waals surface area contributed by atoms with Gasteiger partial charge in [0.1, 0.15) is 5.56 Å². The number of hydrogen-bond acceptors (Lipinski definition) is 5. The Morgan fingerprint density at radius 1 is 1.21 bits per heavy atom. The van der Waals surface area contributed by atoms with Crippen molar-refractivity contribution in [1.82, 2.24) is 0 Å². The average molecular weight is 324 g/mol. The van der Waals surface area contributed by atoms with Crippen molar-refractivity contribution in [2.24, 2.45) is 5.16 Å². The number of carbonyl (C=O) groups is 1. The summed E-state index contributed by atoms with van der Waals surface area (Å²) in [6.45, 7) is 1.89. The Balaban J connectivity index is 2.09. The number of nitrogens with zero attached hydrogens (tertiary/aromatic N) is 1. The van der Waals surface area contributed by atoms with Crippen LogP contribution >= 0.6 is 0 Å². The number of benzene rings is 2. The van der Waals surface area contributed by atoms with Crippen molar-refractivity contribution in [2.45, 2.75) is 6.92 Å². The van der Waals surface area contributed by atoms with E-state index >= 15 is 0 Å². The van der Waals surface area contributed by atoms with E-state index < -0.39 is 5.91 Å². The Hall–Kier alpha value is -3.28. The van der Waals surface area contributed by atoms with Crippen LogP contribution in [-0.2, 0) is 0 Å². The third-order valence-electron chi connectivity index (χ3n) is 3.69. The molecule has 1 aromatic heterocycles. The quantitative estimate of drug-likeness (QED) is 0.572. The summed E-state index contributed by atoms with van der Waals surface area (Å²) in [5, 5.41) is 15.8. The first-order valence-corrected chi connectivity index (χ1v) is 7.30. The van der Waals surface area contributed by atoms with Gasteiger partial charge in [-0.1, -0.05) is 30.3 Å². The molecule has 24 heavy (non-hydrogen) atoms. The lowest BCUT2D eigenvalue weighted by molar-refractivity contribution is 0.102. The van der Waals surface area contributed by atoms with Gasteiger partial charge in [-0.2, -0.15) is 0 Å². The third-order valence-corrected chi connectivity index (χ3v) is 3.69. The minimum atomic E-state index is -0.425. The number of rotatable bonds is 3. The van der Waals surface area contributed by atoms with E-state index in [0.29, 0.717) is 22.4 Å². The normalized spacial score (nSPS) is 11.5. The van der Waals surface area contributed by atoms with E-state index in [2.05, 4.69) is 10.5 Å². The number of fused-ring (bicyclic) bond motifs is 1. The van der Waals surface area contributed by atoms with Crippen molar-refractivity contribution in [2.75, 3.05) is 12.4 Å². The van der Waals surface area contributed by atoms with Crippen LogP contribution in [0.3, 0.4) is 0 Å². The van der Waals surface area contributed by atoms with Crippen LogP contribution in [0.25, 0.3) is 11.0 Å². The molecular formula is C18H16N2O4. The first kappa shape index (κ1) is 15.6. The summed E-state index contributed by atoms with van der Waals surface area (Å²) < 4.78 is 10.8. The minimum absolute atomic E-state index is 0.126. The molecule has 3 rings (SSSR count). The number of ether oxygens (including phenoxy) is 1. The highest BCUT2D eigenvalue weighted by molar-refractivity contribution is 6.05. The minimum Gasteiger partial charge on any atom is -0.493 e.